The lowest BCUT2D eigenvalue weighted by molar-refractivity contribution is 0.474. The van der Waals surface area contributed by atoms with E-state index in [2.05, 4.69) is 39.5 Å². The van der Waals surface area contributed by atoms with E-state index >= 15 is 0 Å². The molecule has 170 valence electrons. The van der Waals surface area contributed by atoms with Crippen LogP contribution >= 0.6 is 35.7 Å². The number of nitrogens with one attached hydrogen (secondary N) is 1. The average Bonchev–Trinajstić information content (AvgIpc) is 3.22. The molecule has 0 saturated carbocycles. The zero-order valence-corrected chi connectivity index (χ0v) is 21.9. The van der Waals surface area contributed by atoms with Crippen LogP contribution in [0.3, 0.4) is 0 Å². The molecule has 1 heterocycles. The molecule has 8 heteroatoms. The monoisotopic (exact) mass is 573 g/mol. The van der Waals surface area contributed by atoms with Crippen molar-refractivity contribution >= 4 is 51.5 Å². The smallest absolute Gasteiger partial charge is 0.193 e. The number of thioether (sulfide) groups is 1. The van der Waals surface area contributed by atoms with Crippen molar-refractivity contribution in [3.05, 3.63) is 66.2 Å². The molecule has 5 nitrogen and oxygen atoms in total. The molecule has 1 atom stereocenters. The molecule has 2 aromatic carbocycles. The van der Waals surface area contributed by atoms with Gasteiger partial charge < -0.3 is 10.2 Å². The van der Waals surface area contributed by atoms with Gasteiger partial charge in [-0.15, -0.1) is 35.7 Å². The molecule has 0 aliphatic carbocycles. The van der Waals surface area contributed by atoms with Crippen LogP contribution < -0.4 is 5.32 Å². The van der Waals surface area contributed by atoms with Gasteiger partial charge in [0, 0.05) is 37.3 Å². The number of hydrogen-bond acceptors (Lipinski definition) is 4. The van der Waals surface area contributed by atoms with Gasteiger partial charge in [-0.2, -0.15) is 0 Å². The molecule has 0 spiro atoms. The largest absolute Gasteiger partial charge is 0.356 e. The van der Waals surface area contributed by atoms with Gasteiger partial charge in [-0.25, -0.2) is 8.42 Å². The van der Waals surface area contributed by atoms with Crippen LogP contribution in [0.25, 0.3) is 0 Å². The summed E-state index contributed by atoms with van der Waals surface area (Å²) in [6.07, 6.45) is 1.74. The molecule has 1 fully saturated rings. The Kier molecular flexibility index (Phi) is 11.2. The van der Waals surface area contributed by atoms with Gasteiger partial charge in [0.1, 0.15) is 0 Å². The fraction of sp³-hybridized carbons (Fsp3) is 0.435. The van der Waals surface area contributed by atoms with Crippen LogP contribution in [0.15, 0.2) is 70.6 Å². The second kappa shape index (κ2) is 13.3. The van der Waals surface area contributed by atoms with Crippen molar-refractivity contribution in [2.24, 2.45) is 10.9 Å². The van der Waals surface area contributed by atoms with Crippen LogP contribution in [0, 0.1) is 5.92 Å². The lowest BCUT2D eigenvalue weighted by atomic mass is 10.2. The van der Waals surface area contributed by atoms with E-state index in [9.17, 15) is 8.42 Å². The molecule has 1 saturated heterocycles. The first kappa shape index (κ1) is 26.0. The molecular formula is C23H32IN3O2S2. The van der Waals surface area contributed by atoms with E-state index in [-0.39, 0.29) is 35.5 Å². The zero-order chi connectivity index (χ0) is 21.2. The SMILES string of the molecule is CN=C(NCCCS(=O)(=O)Cc1ccccc1)N1CCC(CSc2ccccc2)C1.I. The summed E-state index contributed by atoms with van der Waals surface area (Å²) >= 11 is 1.91. The summed E-state index contributed by atoms with van der Waals surface area (Å²) in [5.41, 5.74) is 0.845. The Bertz CT molecular complexity index is 909. The van der Waals surface area contributed by atoms with Gasteiger partial charge in [-0.3, -0.25) is 4.99 Å². The fourth-order valence-electron chi connectivity index (χ4n) is 3.62. The van der Waals surface area contributed by atoms with Crippen LogP contribution in [0.5, 0.6) is 0 Å². The molecule has 0 radical (unpaired) electrons. The number of halogens is 1. The van der Waals surface area contributed by atoms with E-state index in [1.165, 1.54) is 4.90 Å². The molecule has 31 heavy (non-hydrogen) atoms. The molecular weight excluding hydrogens is 541 g/mol. The van der Waals surface area contributed by atoms with Crippen LogP contribution in [0.1, 0.15) is 18.4 Å². The van der Waals surface area contributed by atoms with Gasteiger partial charge in [-0.05, 0) is 36.5 Å². The molecule has 0 amide bonds. The topological polar surface area (TPSA) is 61.8 Å². The van der Waals surface area contributed by atoms with Crippen molar-refractivity contribution in [1.82, 2.24) is 10.2 Å². The van der Waals surface area contributed by atoms with Crippen molar-refractivity contribution < 1.29 is 8.42 Å². The predicted octanol–water partition coefficient (Wildman–Crippen LogP) is 4.30. The molecule has 0 bridgehead atoms. The second-order valence-corrected chi connectivity index (χ2v) is 10.9. The van der Waals surface area contributed by atoms with Gasteiger partial charge in [0.15, 0.2) is 15.8 Å². The van der Waals surface area contributed by atoms with Crippen LogP contribution in [0.2, 0.25) is 0 Å². The van der Waals surface area contributed by atoms with Gasteiger partial charge in [0.2, 0.25) is 0 Å². The average molecular weight is 574 g/mol. The van der Waals surface area contributed by atoms with E-state index in [1.54, 1.807) is 7.05 Å². The van der Waals surface area contributed by atoms with Crippen molar-refractivity contribution in [3.63, 3.8) is 0 Å². The van der Waals surface area contributed by atoms with E-state index in [0.717, 1.165) is 36.8 Å². The van der Waals surface area contributed by atoms with Crippen LogP contribution in [0.4, 0.5) is 0 Å². The molecule has 3 rings (SSSR count). The highest BCUT2D eigenvalue weighted by Gasteiger charge is 2.24. The summed E-state index contributed by atoms with van der Waals surface area (Å²) in [7, 11) is -1.30. The highest BCUT2D eigenvalue weighted by molar-refractivity contribution is 14.0. The lowest BCUT2D eigenvalue weighted by Gasteiger charge is -2.21. The Morgan fingerprint density at radius 1 is 1.13 bits per heavy atom. The summed E-state index contributed by atoms with van der Waals surface area (Å²) in [5, 5.41) is 3.35. The Morgan fingerprint density at radius 3 is 2.48 bits per heavy atom. The summed E-state index contributed by atoms with van der Waals surface area (Å²) in [6.45, 7) is 2.60. The second-order valence-electron chi connectivity index (χ2n) is 7.63. The molecule has 1 aliphatic heterocycles. The molecule has 0 aromatic heterocycles. The van der Waals surface area contributed by atoms with Gasteiger partial charge in [0.05, 0.1) is 11.5 Å². The minimum Gasteiger partial charge on any atom is -0.356 e. The van der Waals surface area contributed by atoms with Crippen molar-refractivity contribution in [3.8, 4) is 0 Å². The Balaban J connectivity index is 0.00000341. The molecule has 1 aliphatic rings. The molecule has 1 unspecified atom stereocenters. The first-order valence-electron chi connectivity index (χ1n) is 10.4. The maximum Gasteiger partial charge on any atom is 0.193 e. The Morgan fingerprint density at radius 2 is 1.81 bits per heavy atom. The summed E-state index contributed by atoms with van der Waals surface area (Å²) < 4.78 is 24.7. The third kappa shape index (κ3) is 9.02. The Hall–Kier alpha value is -1.26. The number of rotatable bonds is 9. The highest BCUT2D eigenvalue weighted by atomic mass is 127. The minimum atomic E-state index is -3.10. The quantitative estimate of drug-likeness (QED) is 0.160. The summed E-state index contributed by atoms with van der Waals surface area (Å²) in [4.78, 5) is 8.00. The van der Waals surface area contributed by atoms with E-state index in [0.29, 0.717) is 18.9 Å². The minimum absolute atomic E-state index is 0. The number of sulfone groups is 1. The van der Waals surface area contributed by atoms with Gasteiger partial charge in [0.25, 0.3) is 0 Å². The van der Waals surface area contributed by atoms with Crippen molar-refractivity contribution in [1.29, 1.82) is 0 Å². The zero-order valence-electron chi connectivity index (χ0n) is 17.9. The van der Waals surface area contributed by atoms with Crippen molar-refractivity contribution in [2.75, 3.05) is 38.2 Å². The number of likely N-dealkylation sites (tertiary alicyclic amines) is 1. The molecule has 2 aromatic rings. The number of aliphatic imine (C=N–C) groups is 1. The first-order chi connectivity index (χ1) is 14.6. The highest BCUT2D eigenvalue weighted by Crippen LogP contribution is 2.25. The summed E-state index contributed by atoms with van der Waals surface area (Å²) in [6, 6.07) is 19.9. The summed E-state index contributed by atoms with van der Waals surface area (Å²) in [5.74, 6) is 2.91. The first-order valence-corrected chi connectivity index (χ1v) is 13.2. The van der Waals surface area contributed by atoms with E-state index in [4.69, 9.17) is 0 Å². The van der Waals surface area contributed by atoms with Gasteiger partial charge >= 0.3 is 0 Å². The lowest BCUT2D eigenvalue weighted by Crippen LogP contribution is -2.40. The van der Waals surface area contributed by atoms with Crippen molar-refractivity contribution in [2.45, 2.75) is 23.5 Å². The normalized spacial score (nSPS) is 16.7. The third-order valence-electron chi connectivity index (χ3n) is 5.17. The van der Waals surface area contributed by atoms with E-state index in [1.807, 2.05) is 48.2 Å². The maximum absolute atomic E-state index is 12.3. The van der Waals surface area contributed by atoms with E-state index < -0.39 is 9.84 Å². The maximum atomic E-state index is 12.3. The third-order valence-corrected chi connectivity index (χ3v) is 8.10. The Labute approximate surface area is 208 Å². The van der Waals surface area contributed by atoms with Crippen LogP contribution in [-0.2, 0) is 15.6 Å². The number of hydrogen-bond donors (Lipinski definition) is 1. The van der Waals surface area contributed by atoms with Gasteiger partial charge in [-0.1, -0.05) is 48.5 Å². The molecule has 1 N–H and O–H groups in total. The number of benzene rings is 2. The predicted molar refractivity (Wildman–Crippen MR) is 142 cm³/mol. The standard InChI is InChI=1S/C23H31N3O2S2.HI/c1-24-23(25-14-8-16-30(27,28)19-20-9-4-2-5-10-20)26-15-13-21(17-26)18-29-22-11-6-3-7-12-22;/h2-7,9-12,21H,8,13-19H2,1H3,(H,24,25);1H. The number of nitrogens with zero attached hydrogens (tertiary/aromatic N) is 2. The number of guanidine groups is 1. The van der Waals surface area contributed by atoms with Crippen LogP contribution in [-0.4, -0.2) is 57.5 Å². The fourth-order valence-corrected chi connectivity index (χ4v) is 6.10.